The van der Waals surface area contributed by atoms with Gasteiger partial charge in [-0.05, 0) is 31.2 Å². The smallest absolute Gasteiger partial charge is 0.187 e. The Morgan fingerprint density at radius 1 is 1.10 bits per heavy atom. The first-order valence-corrected chi connectivity index (χ1v) is 8.48. The van der Waals surface area contributed by atoms with Gasteiger partial charge in [-0.3, -0.25) is 4.79 Å². The molecule has 0 bridgehead atoms. The van der Waals surface area contributed by atoms with Gasteiger partial charge in [-0.1, -0.05) is 47.0 Å². The highest BCUT2D eigenvalue weighted by atomic mass is 35.5. The summed E-state index contributed by atoms with van der Waals surface area (Å²) in [6, 6.07) is 10.9. The second-order valence-electron chi connectivity index (χ2n) is 4.63. The number of ketones is 1. The van der Waals surface area contributed by atoms with Crippen molar-refractivity contribution in [1.29, 1.82) is 0 Å². The van der Waals surface area contributed by atoms with Crippen molar-refractivity contribution < 1.29 is 13.2 Å². The summed E-state index contributed by atoms with van der Waals surface area (Å²) in [5.41, 5.74) is 1.25. The quantitative estimate of drug-likeness (QED) is 0.790. The zero-order valence-corrected chi connectivity index (χ0v) is 13.5. The number of hydrogen-bond donors (Lipinski definition) is 0. The lowest BCUT2D eigenvalue weighted by molar-refractivity contribution is 0.102. The summed E-state index contributed by atoms with van der Waals surface area (Å²) in [6.45, 7) is 1.83. The van der Waals surface area contributed by atoms with E-state index in [0.717, 1.165) is 5.56 Å². The molecular weight excluding hydrogens is 331 g/mol. The van der Waals surface area contributed by atoms with E-state index in [-0.39, 0.29) is 14.9 Å². The van der Waals surface area contributed by atoms with E-state index in [2.05, 4.69) is 0 Å². The monoisotopic (exact) mass is 342 g/mol. The molecular formula is C15H12Cl2O3S. The third-order valence-corrected chi connectivity index (χ3v) is 5.22. The van der Waals surface area contributed by atoms with Gasteiger partial charge in [0.15, 0.2) is 15.6 Å². The molecule has 0 atom stereocenters. The Bertz CT molecular complexity index is 798. The maximum Gasteiger partial charge on any atom is 0.187 e. The van der Waals surface area contributed by atoms with Crippen molar-refractivity contribution in [2.75, 3.05) is 5.75 Å². The van der Waals surface area contributed by atoms with Crippen LogP contribution in [0, 0.1) is 6.92 Å². The topological polar surface area (TPSA) is 51.2 Å². The summed E-state index contributed by atoms with van der Waals surface area (Å²) < 4.78 is 24.6. The van der Waals surface area contributed by atoms with Crippen LogP contribution in [0.15, 0.2) is 47.4 Å². The van der Waals surface area contributed by atoms with Crippen molar-refractivity contribution in [3.05, 3.63) is 63.6 Å². The van der Waals surface area contributed by atoms with Gasteiger partial charge in [0.2, 0.25) is 0 Å². The van der Waals surface area contributed by atoms with E-state index in [4.69, 9.17) is 23.2 Å². The molecule has 3 nitrogen and oxygen atoms in total. The summed E-state index contributed by atoms with van der Waals surface area (Å²) in [4.78, 5) is 12.0. The predicted molar refractivity (Wildman–Crippen MR) is 84.0 cm³/mol. The largest absolute Gasteiger partial charge is 0.293 e. The molecule has 0 heterocycles. The standard InChI is InChI=1S/C15H12Cl2O3S/c1-10-3-2-4-11(7-10)14(18)9-21(19,20)15-8-12(16)5-6-13(15)17/h2-8H,9H2,1H3. The third-order valence-electron chi connectivity index (χ3n) is 2.89. The Balaban J connectivity index is 2.33. The van der Waals surface area contributed by atoms with Gasteiger partial charge >= 0.3 is 0 Å². The molecule has 0 aromatic heterocycles. The minimum absolute atomic E-state index is 0.0523. The molecule has 0 radical (unpaired) electrons. The van der Waals surface area contributed by atoms with E-state index in [9.17, 15) is 13.2 Å². The second kappa shape index (κ2) is 6.18. The number of hydrogen-bond acceptors (Lipinski definition) is 3. The molecule has 2 aromatic carbocycles. The van der Waals surface area contributed by atoms with Gasteiger partial charge in [-0.25, -0.2) is 8.42 Å². The first-order valence-electron chi connectivity index (χ1n) is 6.07. The van der Waals surface area contributed by atoms with Crippen molar-refractivity contribution in [3.63, 3.8) is 0 Å². The van der Waals surface area contributed by atoms with E-state index in [1.165, 1.54) is 18.2 Å². The molecule has 2 aromatic rings. The van der Waals surface area contributed by atoms with Crippen LogP contribution in [0.3, 0.4) is 0 Å². The number of carbonyl (C=O) groups is 1. The highest BCUT2D eigenvalue weighted by molar-refractivity contribution is 7.92. The van der Waals surface area contributed by atoms with Gasteiger partial charge < -0.3 is 0 Å². The molecule has 0 aliphatic rings. The number of benzene rings is 2. The maximum absolute atomic E-state index is 12.3. The number of halogens is 2. The minimum Gasteiger partial charge on any atom is -0.293 e. The van der Waals surface area contributed by atoms with Crippen molar-refractivity contribution in [2.24, 2.45) is 0 Å². The number of sulfone groups is 1. The van der Waals surface area contributed by atoms with Gasteiger partial charge in [-0.15, -0.1) is 0 Å². The maximum atomic E-state index is 12.3. The SMILES string of the molecule is Cc1cccc(C(=O)CS(=O)(=O)c2cc(Cl)ccc2Cl)c1. The van der Waals surface area contributed by atoms with Crippen LogP contribution in [0.1, 0.15) is 15.9 Å². The van der Waals surface area contributed by atoms with Crippen LogP contribution in [-0.2, 0) is 9.84 Å². The molecule has 0 unspecified atom stereocenters. The summed E-state index contributed by atoms with van der Waals surface area (Å²) in [5.74, 6) is -1.12. The Labute approximate surface area is 133 Å². The van der Waals surface area contributed by atoms with Gasteiger partial charge in [0.1, 0.15) is 5.75 Å². The number of rotatable bonds is 4. The van der Waals surface area contributed by atoms with Crippen LogP contribution in [0.5, 0.6) is 0 Å². The molecule has 21 heavy (non-hydrogen) atoms. The molecule has 110 valence electrons. The summed E-state index contributed by atoms with van der Waals surface area (Å²) >= 11 is 11.7. The van der Waals surface area contributed by atoms with E-state index in [0.29, 0.717) is 5.56 Å². The number of aryl methyl sites for hydroxylation is 1. The van der Waals surface area contributed by atoms with Crippen molar-refractivity contribution in [1.82, 2.24) is 0 Å². The number of Topliss-reactive ketones (excluding diaryl/α,β-unsaturated/α-hetero) is 1. The molecule has 2 rings (SSSR count). The van der Waals surface area contributed by atoms with E-state index in [1.807, 2.05) is 13.0 Å². The number of carbonyl (C=O) groups excluding carboxylic acids is 1. The fourth-order valence-corrected chi connectivity index (χ4v) is 3.91. The highest BCUT2D eigenvalue weighted by Crippen LogP contribution is 2.26. The lowest BCUT2D eigenvalue weighted by Crippen LogP contribution is -2.17. The minimum atomic E-state index is -3.84. The summed E-state index contributed by atoms with van der Waals surface area (Å²) in [5, 5.41) is 0.303. The van der Waals surface area contributed by atoms with E-state index < -0.39 is 21.4 Å². The fraction of sp³-hybridized carbons (Fsp3) is 0.133. The van der Waals surface area contributed by atoms with Crippen molar-refractivity contribution >= 4 is 38.8 Å². The highest BCUT2D eigenvalue weighted by Gasteiger charge is 2.23. The Morgan fingerprint density at radius 3 is 2.48 bits per heavy atom. The predicted octanol–water partition coefficient (Wildman–Crippen LogP) is 3.96. The van der Waals surface area contributed by atoms with Gasteiger partial charge in [-0.2, -0.15) is 0 Å². The molecule has 0 aliphatic heterocycles. The van der Waals surface area contributed by atoms with E-state index >= 15 is 0 Å². The molecule has 0 amide bonds. The first kappa shape index (κ1) is 16.0. The van der Waals surface area contributed by atoms with Crippen LogP contribution in [0.4, 0.5) is 0 Å². The molecule has 6 heteroatoms. The molecule has 0 saturated heterocycles. The molecule has 0 saturated carbocycles. The first-order chi connectivity index (χ1) is 9.79. The van der Waals surface area contributed by atoms with Crippen LogP contribution in [0.25, 0.3) is 0 Å². The van der Waals surface area contributed by atoms with Crippen molar-refractivity contribution in [2.45, 2.75) is 11.8 Å². The Hall–Kier alpha value is -1.36. The summed E-state index contributed by atoms with van der Waals surface area (Å²) in [7, 11) is -3.84. The Kier molecular flexibility index (Phi) is 4.71. The zero-order chi connectivity index (χ0) is 15.6. The normalized spacial score (nSPS) is 11.4. The zero-order valence-electron chi connectivity index (χ0n) is 11.1. The van der Waals surface area contributed by atoms with Crippen LogP contribution in [0.2, 0.25) is 10.0 Å². The lowest BCUT2D eigenvalue weighted by Gasteiger charge is -2.07. The van der Waals surface area contributed by atoms with Gasteiger partial charge in [0.05, 0.1) is 9.92 Å². The van der Waals surface area contributed by atoms with Gasteiger partial charge in [0.25, 0.3) is 0 Å². The second-order valence-corrected chi connectivity index (χ2v) is 7.43. The van der Waals surface area contributed by atoms with Crippen LogP contribution < -0.4 is 0 Å². The molecule has 0 spiro atoms. The van der Waals surface area contributed by atoms with Crippen LogP contribution in [-0.4, -0.2) is 20.0 Å². The average molecular weight is 343 g/mol. The van der Waals surface area contributed by atoms with Crippen LogP contribution >= 0.6 is 23.2 Å². The van der Waals surface area contributed by atoms with Crippen molar-refractivity contribution in [3.8, 4) is 0 Å². The molecule has 0 N–H and O–H groups in total. The lowest BCUT2D eigenvalue weighted by atomic mass is 10.1. The van der Waals surface area contributed by atoms with E-state index in [1.54, 1.807) is 18.2 Å². The molecule has 0 aliphatic carbocycles. The van der Waals surface area contributed by atoms with Gasteiger partial charge in [0, 0.05) is 10.6 Å². The third kappa shape index (κ3) is 3.84. The average Bonchev–Trinajstić information content (AvgIpc) is 2.41. The fourth-order valence-electron chi connectivity index (χ4n) is 1.87. The molecule has 0 fully saturated rings. The summed E-state index contributed by atoms with van der Waals surface area (Å²) in [6.07, 6.45) is 0. The Morgan fingerprint density at radius 2 is 1.81 bits per heavy atom.